The van der Waals surface area contributed by atoms with Crippen molar-refractivity contribution in [3.05, 3.63) is 122 Å². The van der Waals surface area contributed by atoms with Gasteiger partial charge in [0, 0.05) is 19.3 Å². The van der Waals surface area contributed by atoms with Crippen molar-refractivity contribution in [3.8, 4) is 0 Å². The third-order valence-corrected chi connectivity index (χ3v) is 14.5. The standard InChI is InChI=1S/C75H126O6/c1-4-7-10-13-16-19-22-25-28-30-31-32-33-34-35-36-37-38-39-40-41-42-43-45-47-50-53-56-59-62-65-68-74(77)80-71-72(70-79-73(76)67-64-61-58-55-52-49-46-27-24-21-18-15-12-9-6-3)81-75(78)69-66-63-60-57-54-51-48-44-29-26-23-20-17-14-11-8-5-2/h7,10,16,19,25,27-28,31-32,34-35,37-38,40-41,43,45-46,50,53,72H,4-6,8-9,11-15,17-18,20-24,26,29-30,33,36,39,42,44,47-49,51-52,54-71H2,1-3H3/b10-7-,19-16-,28-25-,32-31-,35-34-,38-37-,41-40-,45-43-,46-27-,53-50-. The first-order chi connectivity index (χ1) is 40.0. The van der Waals surface area contributed by atoms with Gasteiger partial charge in [-0.2, -0.15) is 0 Å². The molecule has 0 saturated carbocycles. The average molecular weight is 1120 g/mol. The molecule has 0 aliphatic carbocycles. The van der Waals surface area contributed by atoms with Crippen molar-refractivity contribution in [3.63, 3.8) is 0 Å². The van der Waals surface area contributed by atoms with Gasteiger partial charge in [-0.1, -0.05) is 303 Å². The van der Waals surface area contributed by atoms with Gasteiger partial charge >= 0.3 is 17.9 Å². The Kier molecular flexibility index (Phi) is 64.8. The van der Waals surface area contributed by atoms with Crippen LogP contribution in [-0.4, -0.2) is 37.2 Å². The molecule has 0 N–H and O–H groups in total. The van der Waals surface area contributed by atoms with E-state index in [1.807, 2.05) is 0 Å². The largest absolute Gasteiger partial charge is 0.462 e. The molecule has 0 amide bonds. The van der Waals surface area contributed by atoms with E-state index in [4.69, 9.17) is 14.2 Å². The molecule has 0 heterocycles. The first-order valence-corrected chi connectivity index (χ1v) is 34.0. The molecule has 462 valence electrons. The molecule has 0 spiro atoms. The monoisotopic (exact) mass is 1120 g/mol. The lowest BCUT2D eigenvalue weighted by Crippen LogP contribution is -2.30. The lowest BCUT2D eigenvalue weighted by atomic mass is 10.0. The summed E-state index contributed by atoms with van der Waals surface area (Å²) in [4.78, 5) is 38.4. The van der Waals surface area contributed by atoms with Crippen LogP contribution < -0.4 is 0 Å². The number of rotatable bonds is 61. The highest BCUT2D eigenvalue weighted by atomic mass is 16.6. The Morgan fingerprint density at radius 1 is 0.259 bits per heavy atom. The predicted octanol–water partition coefficient (Wildman–Crippen LogP) is 23.6. The number of hydrogen-bond donors (Lipinski definition) is 0. The van der Waals surface area contributed by atoms with Crippen molar-refractivity contribution in [1.29, 1.82) is 0 Å². The first kappa shape index (κ1) is 76.8. The summed E-state index contributed by atoms with van der Waals surface area (Å²) in [6.45, 7) is 6.52. The zero-order valence-corrected chi connectivity index (χ0v) is 53.0. The van der Waals surface area contributed by atoms with Gasteiger partial charge in [0.2, 0.25) is 0 Å². The molecule has 0 aliphatic rings. The highest BCUT2D eigenvalue weighted by Crippen LogP contribution is 2.16. The minimum Gasteiger partial charge on any atom is -0.462 e. The van der Waals surface area contributed by atoms with E-state index in [1.54, 1.807) is 0 Å². The Morgan fingerprint density at radius 2 is 0.481 bits per heavy atom. The molecule has 0 bridgehead atoms. The van der Waals surface area contributed by atoms with Crippen LogP contribution in [0, 0.1) is 0 Å². The minimum absolute atomic E-state index is 0.0920. The van der Waals surface area contributed by atoms with E-state index >= 15 is 0 Å². The van der Waals surface area contributed by atoms with E-state index in [1.165, 1.54) is 148 Å². The highest BCUT2D eigenvalue weighted by molar-refractivity contribution is 5.71. The maximum absolute atomic E-state index is 12.9. The van der Waals surface area contributed by atoms with Crippen LogP contribution in [-0.2, 0) is 28.6 Å². The van der Waals surface area contributed by atoms with Gasteiger partial charge in [0.1, 0.15) is 13.2 Å². The van der Waals surface area contributed by atoms with Crippen LogP contribution in [0.15, 0.2) is 122 Å². The van der Waals surface area contributed by atoms with E-state index < -0.39 is 6.10 Å². The second kappa shape index (κ2) is 68.3. The molecule has 81 heavy (non-hydrogen) atoms. The predicted molar refractivity (Wildman–Crippen MR) is 353 cm³/mol. The maximum atomic E-state index is 12.9. The zero-order valence-electron chi connectivity index (χ0n) is 53.0. The van der Waals surface area contributed by atoms with Crippen LogP contribution in [0.25, 0.3) is 0 Å². The van der Waals surface area contributed by atoms with Gasteiger partial charge in [-0.15, -0.1) is 0 Å². The Morgan fingerprint density at radius 3 is 0.778 bits per heavy atom. The van der Waals surface area contributed by atoms with Gasteiger partial charge in [-0.05, 0) is 116 Å². The highest BCUT2D eigenvalue weighted by Gasteiger charge is 2.19. The average Bonchev–Trinajstić information content (AvgIpc) is 3.47. The lowest BCUT2D eigenvalue weighted by molar-refractivity contribution is -0.167. The summed E-state index contributed by atoms with van der Waals surface area (Å²) < 4.78 is 16.9. The number of esters is 3. The van der Waals surface area contributed by atoms with Crippen LogP contribution in [0.5, 0.6) is 0 Å². The molecule has 6 nitrogen and oxygen atoms in total. The zero-order chi connectivity index (χ0) is 58.5. The minimum atomic E-state index is -0.797. The van der Waals surface area contributed by atoms with Crippen molar-refractivity contribution in [2.75, 3.05) is 13.2 Å². The fourth-order valence-corrected chi connectivity index (χ4v) is 9.37. The Bertz CT molecular complexity index is 1670. The van der Waals surface area contributed by atoms with Gasteiger partial charge < -0.3 is 14.2 Å². The summed E-state index contributed by atoms with van der Waals surface area (Å²) in [6.07, 6.45) is 95.0. The van der Waals surface area contributed by atoms with Crippen molar-refractivity contribution >= 4 is 17.9 Å². The van der Waals surface area contributed by atoms with Crippen LogP contribution in [0.1, 0.15) is 316 Å². The fourth-order valence-electron chi connectivity index (χ4n) is 9.37. The summed E-state index contributed by atoms with van der Waals surface area (Å²) in [6, 6.07) is 0. The van der Waals surface area contributed by atoms with E-state index in [9.17, 15) is 14.4 Å². The molecule has 1 unspecified atom stereocenters. The third kappa shape index (κ3) is 66.5. The van der Waals surface area contributed by atoms with Crippen molar-refractivity contribution in [2.45, 2.75) is 322 Å². The van der Waals surface area contributed by atoms with E-state index in [-0.39, 0.29) is 31.1 Å². The topological polar surface area (TPSA) is 78.9 Å². The number of hydrogen-bond acceptors (Lipinski definition) is 6. The Hall–Kier alpha value is -4.19. The second-order valence-electron chi connectivity index (χ2n) is 22.4. The van der Waals surface area contributed by atoms with Gasteiger partial charge in [0.05, 0.1) is 0 Å². The first-order valence-electron chi connectivity index (χ1n) is 34.0. The smallest absolute Gasteiger partial charge is 0.306 e. The van der Waals surface area contributed by atoms with Crippen LogP contribution >= 0.6 is 0 Å². The quantitative estimate of drug-likeness (QED) is 0.0261. The Labute approximate surface area is 501 Å². The molecule has 6 heteroatoms. The molecule has 0 radical (unpaired) electrons. The Balaban J connectivity index is 4.39. The molecule has 0 aliphatic heterocycles. The van der Waals surface area contributed by atoms with E-state index in [0.717, 1.165) is 128 Å². The number of ether oxygens (including phenoxy) is 3. The number of carbonyl (C=O) groups excluding carboxylic acids is 3. The van der Waals surface area contributed by atoms with Gasteiger partial charge in [-0.25, -0.2) is 0 Å². The summed E-state index contributed by atoms with van der Waals surface area (Å²) in [5.74, 6) is -0.923. The normalized spacial score (nSPS) is 12.9. The van der Waals surface area contributed by atoms with E-state index in [2.05, 4.69) is 142 Å². The third-order valence-electron chi connectivity index (χ3n) is 14.5. The van der Waals surface area contributed by atoms with Crippen molar-refractivity contribution in [1.82, 2.24) is 0 Å². The number of unbranched alkanes of at least 4 members (excludes halogenated alkanes) is 30. The molecule has 0 fully saturated rings. The number of allylic oxidation sites excluding steroid dienone is 20. The van der Waals surface area contributed by atoms with Crippen LogP contribution in [0.2, 0.25) is 0 Å². The summed E-state index contributed by atoms with van der Waals surface area (Å²) in [5.41, 5.74) is 0. The summed E-state index contributed by atoms with van der Waals surface area (Å²) in [5, 5.41) is 0. The van der Waals surface area contributed by atoms with Gasteiger partial charge in [0.25, 0.3) is 0 Å². The van der Waals surface area contributed by atoms with Gasteiger partial charge in [-0.3, -0.25) is 14.4 Å². The van der Waals surface area contributed by atoms with Crippen molar-refractivity contribution < 1.29 is 28.6 Å². The molecular formula is C75H126O6. The maximum Gasteiger partial charge on any atom is 0.306 e. The van der Waals surface area contributed by atoms with Crippen LogP contribution in [0.3, 0.4) is 0 Å². The molecule has 0 aromatic heterocycles. The molecular weight excluding hydrogens is 997 g/mol. The number of carbonyl (C=O) groups is 3. The second-order valence-corrected chi connectivity index (χ2v) is 22.4. The van der Waals surface area contributed by atoms with E-state index in [0.29, 0.717) is 19.3 Å². The summed E-state index contributed by atoms with van der Waals surface area (Å²) >= 11 is 0. The SMILES string of the molecule is CC/C=C\C/C=C\C/C=C\C/C=C\C/C=C\C/C=C\C/C=C\C/C=C\C/C=C\CCCCCC(=O)OCC(COC(=O)CCCCCCC/C=C\CCCCCCCC)OC(=O)CCCCCCCCCCCCCCCCCCC. The molecule has 1 atom stereocenters. The van der Waals surface area contributed by atoms with Crippen molar-refractivity contribution in [2.24, 2.45) is 0 Å². The van der Waals surface area contributed by atoms with Gasteiger partial charge in [0.15, 0.2) is 6.10 Å². The lowest BCUT2D eigenvalue weighted by Gasteiger charge is -2.18. The van der Waals surface area contributed by atoms with Crippen LogP contribution in [0.4, 0.5) is 0 Å². The summed E-state index contributed by atoms with van der Waals surface area (Å²) in [7, 11) is 0. The fraction of sp³-hybridized carbons (Fsp3) is 0.693. The molecule has 0 aromatic carbocycles. The molecule has 0 aromatic rings. The molecule has 0 saturated heterocycles. The molecule has 0 rings (SSSR count).